The van der Waals surface area contributed by atoms with Gasteiger partial charge in [-0.2, -0.15) is 0 Å². The van der Waals surface area contributed by atoms with Crippen molar-refractivity contribution in [2.45, 2.75) is 6.54 Å². The molecule has 0 aromatic heterocycles. The highest BCUT2D eigenvalue weighted by molar-refractivity contribution is 6.12. The molecule has 1 aromatic rings. The van der Waals surface area contributed by atoms with Gasteiger partial charge in [0.15, 0.2) is 0 Å². The topological polar surface area (TPSA) is 23.5 Å². The largest absolute Gasteiger partial charge is 0.298 e. The maximum Gasteiger partial charge on any atom is 0.0657 e. The first-order valence-corrected chi connectivity index (χ1v) is 3.29. The van der Waals surface area contributed by atoms with E-state index in [1.807, 2.05) is 30.3 Å². The van der Waals surface area contributed by atoms with Crippen LogP contribution in [0.15, 0.2) is 30.3 Å². The lowest BCUT2D eigenvalue weighted by Gasteiger charge is -2.03. The molecule has 0 saturated heterocycles. The smallest absolute Gasteiger partial charge is 0.0657 e. The Labute approximate surface area is 76.9 Å². The van der Waals surface area contributed by atoms with Gasteiger partial charge in [0.2, 0.25) is 0 Å². The minimum Gasteiger partial charge on any atom is -0.298 e. The summed E-state index contributed by atoms with van der Waals surface area (Å²) in [5, 5.41) is 8.60. The molecule has 0 aliphatic carbocycles. The molecule has 0 amide bonds. The summed E-state index contributed by atoms with van der Waals surface area (Å²) in [7, 11) is 0. The third kappa shape index (κ3) is 4.22. The van der Waals surface area contributed by atoms with Crippen LogP contribution in [0.3, 0.4) is 0 Å². The Morgan fingerprint density at radius 2 is 1.82 bits per heavy atom. The summed E-state index contributed by atoms with van der Waals surface area (Å²) in [5.41, 5.74) is 0.986. The zero-order valence-corrected chi connectivity index (χ0v) is 7.35. The van der Waals surface area contributed by atoms with Crippen LogP contribution in [0.5, 0.6) is 0 Å². The van der Waals surface area contributed by atoms with Crippen LogP contribution in [-0.4, -0.2) is 9.79 Å². The number of rotatable bonds is 2. The fraction of sp³-hybridized carbons (Fsp3) is 0.143. The number of hydrogen-bond donors (Lipinski definition) is 1. The SMILES string of the molecule is Cl.ON(Cl)Cc1ccccc1. The highest BCUT2D eigenvalue weighted by Crippen LogP contribution is 2.02. The summed E-state index contributed by atoms with van der Waals surface area (Å²) >= 11 is 5.20. The molecule has 2 nitrogen and oxygen atoms in total. The van der Waals surface area contributed by atoms with Gasteiger partial charge in [0, 0.05) is 11.8 Å². The second-order valence-corrected chi connectivity index (χ2v) is 2.37. The van der Waals surface area contributed by atoms with Gasteiger partial charge in [-0.15, -0.1) is 12.4 Å². The van der Waals surface area contributed by atoms with Crippen molar-refractivity contribution in [2.75, 3.05) is 0 Å². The minimum atomic E-state index is 0. The number of hydrogen-bond acceptors (Lipinski definition) is 2. The molecule has 4 heteroatoms. The van der Waals surface area contributed by atoms with Crippen molar-refractivity contribution in [2.24, 2.45) is 0 Å². The molecule has 0 aliphatic rings. The average Bonchev–Trinajstić information content (AvgIpc) is 1.88. The van der Waals surface area contributed by atoms with E-state index in [1.165, 1.54) is 0 Å². The van der Waals surface area contributed by atoms with Gasteiger partial charge in [0.25, 0.3) is 0 Å². The van der Waals surface area contributed by atoms with E-state index in [9.17, 15) is 0 Å². The fourth-order valence-corrected chi connectivity index (χ4v) is 0.872. The normalized spacial score (nSPS) is 9.36. The molecule has 0 aliphatic heterocycles. The van der Waals surface area contributed by atoms with Gasteiger partial charge >= 0.3 is 0 Å². The van der Waals surface area contributed by atoms with Crippen molar-refractivity contribution in [3.63, 3.8) is 0 Å². The van der Waals surface area contributed by atoms with Gasteiger partial charge in [0.05, 0.1) is 6.54 Å². The molecule has 0 bridgehead atoms. The Kier molecular flexibility index (Phi) is 5.24. The summed E-state index contributed by atoms with van der Waals surface area (Å²) < 4.78 is 0.634. The van der Waals surface area contributed by atoms with E-state index < -0.39 is 0 Å². The summed E-state index contributed by atoms with van der Waals surface area (Å²) in [5.74, 6) is 0. The molecule has 11 heavy (non-hydrogen) atoms. The molecular formula is C7H9Cl2NO. The van der Waals surface area contributed by atoms with Gasteiger partial charge in [-0.25, -0.2) is 0 Å². The molecule has 0 unspecified atom stereocenters. The maximum absolute atomic E-state index is 8.60. The zero-order chi connectivity index (χ0) is 7.40. The zero-order valence-electron chi connectivity index (χ0n) is 5.77. The molecule has 1 rings (SSSR count). The number of nitrogens with zero attached hydrogens (tertiary/aromatic N) is 1. The van der Waals surface area contributed by atoms with E-state index in [1.54, 1.807) is 0 Å². The van der Waals surface area contributed by atoms with Crippen molar-refractivity contribution in [1.82, 2.24) is 4.58 Å². The maximum atomic E-state index is 8.60. The molecule has 0 atom stereocenters. The lowest BCUT2D eigenvalue weighted by atomic mass is 10.2. The van der Waals surface area contributed by atoms with Crippen LogP contribution >= 0.6 is 24.2 Å². The Balaban J connectivity index is 0.000001000. The van der Waals surface area contributed by atoms with Crippen LogP contribution in [-0.2, 0) is 6.54 Å². The number of halogens is 2. The molecule has 0 spiro atoms. The second kappa shape index (κ2) is 5.38. The molecule has 0 heterocycles. The highest BCUT2D eigenvalue weighted by atomic mass is 35.5. The van der Waals surface area contributed by atoms with E-state index in [0.717, 1.165) is 5.56 Å². The lowest BCUT2D eigenvalue weighted by molar-refractivity contribution is -0.00229. The Morgan fingerprint density at radius 3 is 2.27 bits per heavy atom. The quantitative estimate of drug-likeness (QED) is 0.577. The third-order valence-corrected chi connectivity index (χ3v) is 1.28. The third-order valence-electron chi connectivity index (χ3n) is 1.16. The first-order chi connectivity index (χ1) is 4.79. The lowest BCUT2D eigenvalue weighted by Crippen LogP contribution is -2.04. The van der Waals surface area contributed by atoms with Gasteiger partial charge in [-0.1, -0.05) is 34.9 Å². The van der Waals surface area contributed by atoms with Crippen molar-refractivity contribution in [1.29, 1.82) is 0 Å². The van der Waals surface area contributed by atoms with Crippen LogP contribution in [0.1, 0.15) is 5.56 Å². The van der Waals surface area contributed by atoms with E-state index in [-0.39, 0.29) is 12.4 Å². The standard InChI is InChI=1S/C7H8ClNO.ClH/c8-9(10)6-7-4-2-1-3-5-7;/h1-5,10H,6H2;1H. The summed E-state index contributed by atoms with van der Waals surface area (Å²) in [6.45, 7) is 0.350. The van der Waals surface area contributed by atoms with Crippen LogP contribution in [0, 0.1) is 0 Å². The number of benzene rings is 1. The Morgan fingerprint density at radius 1 is 1.27 bits per heavy atom. The molecule has 0 saturated carbocycles. The van der Waals surface area contributed by atoms with E-state index in [4.69, 9.17) is 17.0 Å². The van der Waals surface area contributed by atoms with E-state index in [2.05, 4.69) is 0 Å². The molecule has 62 valence electrons. The van der Waals surface area contributed by atoms with Crippen LogP contribution in [0.2, 0.25) is 0 Å². The summed E-state index contributed by atoms with van der Waals surface area (Å²) in [4.78, 5) is 0. The van der Waals surface area contributed by atoms with Crippen LogP contribution in [0.4, 0.5) is 0 Å². The van der Waals surface area contributed by atoms with Crippen LogP contribution in [0.25, 0.3) is 0 Å². The molecule has 1 aromatic carbocycles. The van der Waals surface area contributed by atoms with Gasteiger partial charge in [0.1, 0.15) is 0 Å². The van der Waals surface area contributed by atoms with E-state index in [0.29, 0.717) is 11.1 Å². The van der Waals surface area contributed by atoms with E-state index >= 15 is 0 Å². The Bertz CT molecular complexity index is 191. The summed E-state index contributed by atoms with van der Waals surface area (Å²) in [6, 6.07) is 9.50. The highest BCUT2D eigenvalue weighted by Gasteiger charge is 1.94. The van der Waals surface area contributed by atoms with Gasteiger partial charge < -0.3 is 0 Å². The second-order valence-electron chi connectivity index (χ2n) is 1.98. The average molecular weight is 194 g/mol. The molecule has 1 N–H and O–H groups in total. The van der Waals surface area contributed by atoms with Crippen molar-refractivity contribution < 1.29 is 5.21 Å². The van der Waals surface area contributed by atoms with Crippen molar-refractivity contribution >= 4 is 24.2 Å². The van der Waals surface area contributed by atoms with Crippen molar-refractivity contribution in [3.05, 3.63) is 35.9 Å². The molecule has 0 radical (unpaired) electrons. The monoisotopic (exact) mass is 193 g/mol. The number of hydroxylamine groups is 1. The van der Waals surface area contributed by atoms with Crippen LogP contribution < -0.4 is 0 Å². The van der Waals surface area contributed by atoms with Gasteiger partial charge in [-0.05, 0) is 5.56 Å². The molecular weight excluding hydrogens is 185 g/mol. The predicted octanol–water partition coefficient (Wildman–Crippen LogP) is 2.45. The summed E-state index contributed by atoms with van der Waals surface area (Å²) in [6.07, 6.45) is 0. The first kappa shape index (κ1) is 10.7. The first-order valence-electron chi connectivity index (χ1n) is 2.95. The van der Waals surface area contributed by atoms with Crippen molar-refractivity contribution in [3.8, 4) is 0 Å². The van der Waals surface area contributed by atoms with Gasteiger partial charge in [-0.3, -0.25) is 5.21 Å². The predicted molar refractivity (Wildman–Crippen MR) is 46.9 cm³/mol. The molecule has 0 fully saturated rings. The fourth-order valence-electron chi connectivity index (χ4n) is 0.734. The Hall–Kier alpha value is -0.280. The minimum absolute atomic E-state index is 0.